The summed E-state index contributed by atoms with van der Waals surface area (Å²) in [6, 6.07) is 5.94. The highest BCUT2D eigenvalue weighted by atomic mass is 19.4. The molecule has 120 valence electrons. The molecular formula is C15H13F3N4O. The Balaban J connectivity index is 1.79. The zero-order valence-corrected chi connectivity index (χ0v) is 12.1. The number of carbonyl (C=O) groups excluding carboxylic acids is 1. The van der Waals surface area contributed by atoms with Crippen LogP contribution in [0.3, 0.4) is 0 Å². The van der Waals surface area contributed by atoms with E-state index in [0.29, 0.717) is 6.42 Å². The minimum absolute atomic E-state index is 0.0704. The van der Waals surface area contributed by atoms with Crippen LogP contribution in [0.2, 0.25) is 0 Å². The maximum Gasteiger partial charge on any atom is 0.433 e. The quantitative estimate of drug-likeness (QED) is 0.911. The van der Waals surface area contributed by atoms with Gasteiger partial charge in [0.1, 0.15) is 5.69 Å². The van der Waals surface area contributed by atoms with Gasteiger partial charge < -0.3 is 10.6 Å². The van der Waals surface area contributed by atoms with E-state index in [2.05, 4.69) is 20.6 Å². The van der Waals surface area contributed by atoms with E-state index in [1.807, 2.05) is 6.07 Å². The first-order valence-corrected chi connectivity index (χ1v) is 6.92. The van der Waals surface area contributed by atoms with Crippen LogP contribution in [0.25, 0.3) is 0 Å². The molecule has 0 bridgehead atoms. The van der Waals surface area contributed by atoms with E-state index in [1.165, 1.54) is 0 Å². The van der Waals surface area contributed by atoms with E-state index in [4.69, 9.17) is 0 Å². The number of nitrogens with one attached hydrogen (secondary N) is 2. The molecule has 0 radical (unpaired) electrons. The number of anilines is 2. The maximum atomic E-state index is 12.7. The highest BCUT2D eigenvalue weighted by molar-refractivity contribution is 5.99. The van der Waals surface area contributed by atoms with Gasteiger partial charge in [0.05, 0.1) is 12.5 Å². The third kappa shape index (κ3) is 3.25. The molecule has 2 heterocycles. The number of aromatic nitrogens is 2. The summed E-state index contributed by atoms with van der Waals surface area (Å²) < 4.78 is 38.0. The van der Waals surface area contributed by atoms with Crippen molar-refractivity contribution in [3.05, 3.63) is 47.3 Å². The summed E-state index contributed by atoms with van der Waals surface area (Å²) >= 11 is 0. The van der Waals surface area contributed by atoms with E-state index in [-0.39, 0.29) is 17.9 Å². The molecular weight excluding hydrogens is 309 g/mol. The summed E-state index contributed by atoms with van der Waals surface area (Å²) in [6.07, 6.45) is -3.14. The minimum atomic E-state index is -4.51. The van der Waals surface area contributed by atoms with Crippen LogP contribution in [0, 0.1) is 0 Å². The third-order valence-electron chi connectivity index (χ3n) is 3.55. The summed E-state index contributed by atoms with van der Waals surface area (Å²) in [4.78, 5) is 18.6. The fraction of sp³-hybridized carbons (Fsp3) is 0.267. The molecule has 0 spiro atoms. The lowest BCUT2D eigenvalue weighted by molar-refractivity contribution is -0.141. The first kappa shape index (κ1) is 15.3. The van der Waals surface area contributed by atoms with Crippen molar-refractivity contribution in [1.29, 1.82) is 0 Å². The summed E-state index contributed by atoms with van der Waals surface area (Å²) in [6.45, 7) is 1.79. The monoisotopic (exact) mass is 322 g/mol. The maximum absolute atomic E-state index is 12.7. The topological polar surface area (TPSA) is 66.9 Å². The Morgan fingerprint density at radius 2 is 2.09 bits per heavy atom. The van der Waals surface area contributed by atoms with Gasteiger partial charge in [0, 0.05) is 11.9 Å². The summed E-state index contributed by atoms with van der Waals surface area (Å²) in [5.41, 5.74) is 1.47. The van der Waals surface area contributed by atoms with Gasteiger partial charge in [-0.1, -0.05) is 12.1 Å². The summed E-state index contributed by atoms with van der Waals surface area (Å²) in [5, 5.41) is 5.57. The van der Waals surface area contributed by atoms with Gasteiger partial charge in [0.15, 0.2) is 0 Å². The van der Waals surface area contributed by atoms with E-state index >= 15 is 0 Å². The molecule has 0 saturated carbocycles. The van der Waals surface area contributed by atoms with E-state index in [9.17, 15) is 18.0 Å². The highest BCUT2D eigenvalue weighted by Crippen LogP contribution is 2.29. The van der Waals surface area contributed by atoms with Crippen molar-refractivity contribution in [3.8, 4) is 0 Å². The predicted molar refractivity (Wildman–Crippen MR) is 77.8 cm³/mol. The molecule has 1 aromatic heterocycles. The van der Waals surface area contributed by atoms with Gasteiger partial charge in [-0.05, 0) is 30.2 Å². The lowest BCUT2D eigenvalue weighted by atomic mass is 10.0. The van der Waals surface area contributed by atoms with Crippen LogP contribution >= 0.6 is 0 Å². The second-order valence-electron chi connectivity index (χ2n) is 5.27. The normalized spacial score (nSPS) is 15.0. The lowest BCUT2D eigenvalue weighted by Gasteiger charge is -2.16. The number of hydrogen-bond donors (Lipinski definition) is 2. The molecule has 2 N–H and O–H groups in total. The molecule has 2 aromatic rings. The Bertz CT molecular complexity index is 761. The number of carbonyl (C=O) groups is 1. The Hall–Kier alpha value is -2.64. The Kier molecular flexibility index (Phi) is 3.67. The van der Waals surface area contributed by atoms with Crippen LogP contribution in [0.1, 0.15) is 29.8 Å². The van der Waals surface area contributed by atoms with E-state index in [1.54, 1.807) is 19.1 Å². The average molecular weight is 322 g/mol. The smallest absolute Gasteiger partial charge is 0.348 e. The number of halogens is 3. The summed E-state index contributed by atoms with van der Waals surface area (Å²) in [7, 11) is 0. The molecule has 8 heteroatoms. The lowest BCUT2D eigenvalue weighted by Crippen LogP contribution is -2.14. The van der Waals surface area contributed by atoms with Gasteiger partial charge in [-0.15, -0.1) is 0 Å². The van der Waals surface area contributed by atoms with Crippen molar-refractivity contribution in [3.63, 3.8) is 0 Å². The largest absolute Gasteiger partial charge is 0.433 e. The second kappa shape index (κ2) is 5.53. The Labute approximate surface area is 130 Å². The number of benzene rings is 1. The molecule has 1 amide bonds. The van der Waals surface area contributed by atoms with Gasteiger partial charge in [-0.25, -0.2) is 9.97 Å². The van der Waals surface area contributed by atoms with Gasteiger partial charge in [-0.3, -0.25) is 4.79 Å². The third-order valence-corrected chi connectivity index (χ3v) is 3.55. The number of hydrogen-bond acceptors (Lipinski definition) is 4. The van der Waals surface area contributed by atoms with Crippen molar-refractivity contribution in [1.82, 2.24) is 9.97 Å². The van der Waals surface area contributed by atoms with E-state index < -0.39 is 11.9 Å². The van der Waals surface area contributed by atoms with Crippen molar-refractivity contribution >= 4 is 17.5 Å². The van der Waals surface area contributed by atoms with Gasteiger partial charge in [-0.2, -0.15) is 13.2 Å². The van der Waals surface area contributed by atoms with Crippen LogP contribution in [0.4, 0.5) is 24.8 Å². The molecule has 1 aromatic carbocycles. The van der Waals surface area contributed by atoms with Crippen LogP contribution < -0.4 is 10.6 Å². The minimum Gasteiger partial charge on any atom is -0.348 e. The zero-order valence-electron chi connectivity index (χ0n) is 12.1. The molecule has 23 heavy (non-hydrogen) atoms. The molecule has 1 aliphatic heterocycles. The number of nitrogens with zero attached hydrogens (tertiary/aromatic N) is 2. The van der Waals surface area contributed by atoms with Gasteiger partial charge in [0.25, 0.3) is 0 Å². The first-order valence-electron chi connectivity index (χ1n) is 6.92. The summed E-state index contributed by atoms with van der Waals surface area (Å²) in [5.74, 6) is -0.166. The first-order chi connectivity index (χ1) is 10.8. The predicted octanol–water partition coefficient (Wildman–Crippen LogP) is 3.16. The van der Waals surface area contributed by atoms with Crippen molar-refractivity contribution in [2.24, 2.45) is 0 Å². The number of fused-ring (bicyclic) bond motifs is 1. The molecule has 1 aliphatic rings. The van der Waals surface area contributed by atoms with Crippen LogP contribution in [0.15, 0.2) is 30.5 Å². The molecule has 3 rings (SSSR count). The molecule has 0 saturated heterocycles. The van der Waals surface area contributed by atoms with E-state index in [0.717, 1.165) is 29.1 Å². The molecule has 0 aliphatic carbocycles. The van der Waals surface area contributed by atoms with Gasteiger partial charge in [0.2, 0.25) is 11.9 Å². The second-order valence-corrected chi connectivity index (χ2v) is 5.27. The van der Waals surface area contributed by atoms with Crippen LogP contribution in [-0.2, 0) is 17.4 Å². The zero-order chi connectivity index (χ0) is 16.6. The Morgan fingerprint density at radius 1 is 1.30 bits per heavy atom. The number of alkyl halides is 3. The molecule has 1 unspecified atom stereocenters. The molecule has 5 nitrogen and oxygen atoms in total. The van der Waals surface area contributed by atoms with Gasteiger partial charge >= 0.3 is 6.18 Å². The number of amides is 1. The molecule has 1 atom stereocenters. The fourth-order valence-electron chi connectivity index (χ4n) is 2.38. The molecule has 0 fully saturated rings. The van der Waals surface area contributed by atoms with Crippen LogP contribution in [-0.4, -0.2) is 15.9 Å². The van der Waals surface area contributed by atoms with Crippen molar-refractivity contribution in [2.75, 3.05) is 10.6 Å². The van der Waals surface area contributed by atoms with Crippen molar-refractivity contribution in [2.45, 2.75) is 25.6 Å². The SMILES string of the molecule is CC(Nc1nccc(C(F)(F)F)n1)c1ccc2c(c1)CC(=O)N2. The number of rotatable bonds is 3. The standard InChI is InChI=1S/C15H13F3N4O/c1-8(9-2-3-11-10(6-9)7-13(23)21-11)20-14-19-5-4-12(22-14)15(16,17)18/h2-6,8H,7H2,1H3,(H,21,23)(H,19,20,22). The van der Waals surface area contributed by atoms with Crippen molar-refractivity contribution < 1.29 is 18.0 Å². The average Bonchev–Trinajstić information content (AvgIpc) is 2.85. The fourth-order valence-corrected chi connectivity index (χ4v) is 2.38. The van der Waals surface area contributed by atoms with Crippen LogP contribution in [0.5, 0.6) is 0 Å². The highest BCUT2D eigenvalue weighted by Gasteiger charge is 2.32. The Morgan fingerprint density at radius 3 is 2.83 bits per heavy atom.